The maximum absolute atomic E-state index is 12.7. The first-order valence-corrected chi connectivity index (χ1v) is 9.21. The Morgan fingerprint density at radius 3 is 1.58 bits per heavy atom. The van der Waals surface area contributed by atoms with Gasteiger partial charge in [-0.25, -0.2) is 0 Å². The molecule has 2 amide bonds. The number of para-hydroxylation sites is 2. The molecule has 0 aliphatic carbocycles. The zero-order valence-electron chi connectivity index (χ0n) is 14.7. The highest BCUT2D eigenvalue weighted by atomic mass is 16.2. The van der Waals surface area contributed by atoms with Gasteiger partial charge < -0.3 is 9.80 Å². The minimum absolute atomic E-state index is 0.129. The minimum Gasteiger partial charge on any atom is -0.309 e. The second-order valence-electron chi connectivity index (χ2n) is 6.78. The van der Waals surface area contributed by atoms with E-state index < -0.39 is 0 Å². The zero-order valence-corrected chi connectivity index (χ0v) is 14.7. The molecule has 4 nitrogen and oxygen atoms in total. The molecule has 4 rings (SSSR count). The van der Waals surface area contributed by atoms with E-state index in [1.54, 1.807) is 9.80 Å². The fourth-order valence-electron chi connectivity index (χ4n) is 3.85. The molecule has 2 aliphatic rings. The Morgan fingerprint density at radius 1 is 0.692 bits per heavy atom. The quantitative estimate of drug-likeness (QED) is 0.781. The first kappa shape index (κ1) is 16.6. The summed E-state index contributed by atoms with van der Waals surface area (Å²) in [5.41, 5.74) is 4.31. The number of anilines is 2. The van der Waals surface area contributed by atoms with Gasteiger partial charge >= 0.3 is 0 Å². The van der Waals surface area contributed by atoms with Gasteiger partial charge in [0.15, 0.2) is 0 Å². The Morgan fingerprint density at radius 2 is 1.12 bits per heavy atom. The molecule has 2 aliphatic heterocycles. The van der Waals surface area contributed by atoms with Gasteiger partial charge in [-0.3, -0.25) is 9.59 Å². The van der Waals surface area contributed by atoms with Crippen molar-refractivity contribution in [3.8, 4) is 0 Å². The molecule has 2 aromatic carbocycles. The Labute approximate surface area is 153 Å². The summed E-state index contributed by atoms with van der Waals surface area (Å²) < 4.78 is 0. The van der Waals surface area contributed by atoms with Crippen molar-refractivity contribution in [1.82, 2.24) is 0 Å². The maximum Gasteiger partial charge on any atom is 0.251 e. The summed E-state index contributed by atoms with van der Waals surface area (Å²) in [6.07, 6.45) is 6.72. The Hall–Kier alpha value is -2.88. The van der Waals surface area contributed by atoms with Crippen LogP contribution >= 0.6 is 0 Å². The van der Waals surface area contributed by atoms with Crippen molar-refractivity contribution in [3.05, 3.63) is 71.8 Å². The van der Waals surface area contributed by atoms with E-state index in [2.05, 4.69) is 12.1 Å². The van der Waals surface area contributed by atoms with Crippen molar-refractivity contribution < 1.29 is 9.59 Å². The number of carbonyl (C=O) groups excluding carboxylic acids is 2. The molecule has 0 spiro atoms. The van der Waals surface area contributed by atoms with Gasteiger partial charge in [-0.1, -0.05) is 36.4 Å². The summed E-state index contributed by atoms with van der Waals surface area (Å²) in [6, 6.07) is 16.0. The number of aryl methyl sites for hydroxylation is 2. The highest BCUT2D eigenvalue weighted by Gasteiger charge is 2.23. The molecule has 0 saturated carbocycles. The fraction of sp³-hybridized carbons (Fsp3) is 0.273. The standard InChI is InChI=1S/C22H22N2O2/c25-21(23-15-5-9-17-7-1-3-11-19(17)23)13-14-22(26)24-16-6-10-18-8-2-4-12-20(18)24/h1-4,7-8,11-14H,5-6,9-10,15-16H2/b14-13-. The molecule has 0 unspecified atom stereocenters. The van der Waals surface area contributed by atoms with Crippen molar-refractivity contribution in [1.29, 1.82) is 0 Å². The molecule has 2 aromatic rings. The first-order valence-electron chi connectivity index (χ1n) is 9.21. The van der Waals surface area contributed by atoms with Crippen LogP contribution in [0, 0.1) is 0 Å². The molecule has 2 heterocycles. The lowest BCUT2D eigenvalue weighted by atomic mass is 10.0. The average molecular weight is 346 g/mol. The number of hydrogen-bond donors (Lipinski definition) is 0. The predicted molar refractivity (Wildman–Crippen MR) is 103 cm³/mol. The molecule has 0 fully saturated rings. The van der Waals surface area contributed by atoms with Crippen LogP contribution in [0.3, 0.4) is 0 Å². The molecule has 0 atom stereocenters. The number of fused-ring (bicyclic) bond motifs is 2. The Balaban J connectivity index is 1.51. The Kier molecular flexibility index (Phi) is 4.57. The molecule has 0 bridgehead atoms. The summed E-state index contributed by atoms with van der Waals surface area (Å²) in [5, 5.41) is 0. The van der Waals surface area contributed by atoms with E-state index in [-0.39, 0.29) is 11.8 Å². The van der Waals surface area contributed by atoms with E-state index in [4.69, 9.17) is 0 Å². The lowest BCUT2D eigenvalue weighted by molar-refractivity contribution is -0.116. The number of carbonyl (C=O) groups is 2. The van der Waals surface area contributed by atoms with Crippen LogP contribution in [0.15, 0.2) is 60.7 Å². The van der Waals surface area contributed by atoms with Crippen LogP contribution in [-0.2, 0) is 22.4 Å². The summed E-state index contributed by atoms with van der Waals surface area (Å²) in [7, 11) is 0. The topological polar surface area (TPSA) is 40.6 Å². The van der Waals surface area contributed by atoms with Gasteiger partial charge in [0.25, 0.3) is 11.8 Å². The highest BCUT2D eigenvalue weighted by molar-refractivity contribution is 6.09. The van der Waals surface area contributed by atoms with E-state index >= 15 is 0 Å². The van der Waals surface area contributed by atoms with E-state index in [1.165, 1.54) is 23.3 Å². The van der Waals surface area contributed by atoms with E-state index in [0.29, 0.717) is 13.1 Å². The van der Waals surface area contributed by atoms with Crippen LogP contribution in [0.5, 0.6) is 0 Å². The van der Waals surface area contributed by atoms with Crippen LogP contribution in [0.1, 0.15) is 24.0 Å². The largest absolute Gasteiger partial charge is 0.309 e. The first-order chi connectivity index (χ1) is 12.7. The average Bonchev–Trinajstić information content (AvgIpc) is 2.71. The smallest absolute Gasteiger partial charge is 0.251 e. The molecule has 132 valence electrons. The predicted octanol–water partition coefficient (Wildman–Crippen LogP) is 3.50. The van der Waals surface area contributed by atoms with Crippen LogP contribution < -0.4 is 9.80 Å². The Bertz CT molecular complexity index is 800. The van der Waals surface area contributed by atoms with Crippen LogP contribution in [-0.4, -0.2) is 24.9 Å². The maximum atomic E-state index is 12.7. The molecular formula is C22H22N2O2. The van der Waals surface area contributed by atoms with Gasteiger partial charge in [0.05, 0.1) is 0 Å². The van der Waals surface area contributed by atoms with Gasteiger partial charge in [-0.05, 0) is 48.9 Å². The third-order valence-electron chi connectivity index (χ3n) is 5.12. The highest BCUT2D eigenvalue weighted by Crippen LogP contribution is 2.28. The zero-order chi connectivity index (χ0) is 17.9. The van der Waals surface area contributed by atoms with Crippen molar-refractivity contribution in [2.45, 2.75) is 25.7 Å². The molecule has 0 N–H and O–H groups in total. The van der Waals surface area contributed by atoms with E-state index in [0.717, 1.165) is 37.1 Å². The van der Waals surface area contributed by atoms with Gasteiger partial charge in [-0.2, -0.15) is 0 Å². The summed E-state index contributed by atoms with van der Waals surface area (Å²) >= 11 is 0. The van der Waals surface area contributed by atoms with Gasteiger partial charge in [0, 0.05) is 36.6 Å². The van der Waals surface area contributed by atoms with Gasteiger partial charge in [0.2, 0.25) is 0 Å². The molecule has 0 saturated heterocycles. The molecular weight excluding hydrogens is 324 g/mol. The minimum atomic E-state index is -0.129. The second kappa shape index (κ2) is 7.16. The summed E-state index contributed by atoms with van der Waals surface area (Å²) in [5.74, 6) is -0.258. The molecule has 4 heteroatoms. The van der Waals surface area contributed by atoms with Crippen molar-refractivity contribution in [2.24, 2.45) is 0 Å². The number of hydrogen-bond acceptors (Lipinski definition) is 2. The van der Waals surface area contributed by atoms with Gasteiger partial charge in [-0.15, -0.1) is 0 Å². The number of rotatable bonds is 2. The number of benzene rings is 2. The van der Waals surface area contributed by atoms with Crippen LogP contribution in [0.25, 0.3) is 0 Å². The van der Waals surface area contributed by atoms with Crippen molar-refractivity contribution >= 4 is 23.2 Å². The monoisotopic (exact) mass is 346 g/mol. The van der Waals surface area contributed by atoms with Crippen molar-refractivity contribution in [3.63, 3.8) is 0 Å². The lowest BCUT2D eigenvalue weighted by Gasteiger charge is -2.29. The number of amides is 2. The molecule has 0 aromatic heterocycles. The SMILES string of the molecule is O=C(/C=C\C(=O)N1CCCc2ccccc21)N1CCCc2ccccc21. The molecule has 0 radical (unpaired) electrons. The van der Waals surface area contributed by atoms with Crippen molar-refractivity contribution in [2.75, 3.05) is 22.9 Å². The van der Waals surface area contributed by atoms with Crippen LogP contribution in [0.4, 0.5) is 11.4 Å². The number of nitrogens with zero attached hydrogens (tertiary/aromatic N) is 2. The fourth-order valence-corrected chi connectivity index (χ4v) is 3.85. The second-order valence-corrected chi connectivity index (χ2v) is 6.78. The van der Waals surface area contributed by atoms with Crippen LogP contribution in [0.2, 0.25) is 0 Å². The third-order valence-corrected chi connectivity index (χ3v) is 5.12. The summed E-state index contributed by atoms with van der Waals surface area (Å²) in [6.45, 7) is 1.39. The molecule has 26 heavy (non-hydrogen) atoms. The van der Waals surface area contributed by atoms with E-state index in [1.807, 2.05) is 36.4 Å². The third kappa shape index (κ3) is 3.15. The van der Waals surface area contributed by atoms with Gasteiger partial charge in [0.1, 0.15) is 0 Å². The summed E-state index contributed by atoms with van der Waals surface area (Å²) in [4.78, 5) is 28.9. The normalized spacial score (nSPS) is 16.3. The lowest BCUT2D eigenvalue weighted by Crippen LogP contribution is -2.36. The van der Waals surface area contributed by atoms with E-state index in [9.17, 15) is 9.59 Å².